The van der Waals surface area contributed by atoms with Crippen LogP contribution in [0.2, 0.25) is 0 Å². The monoisotopic (exact) mass is 194 g/mol. The molecule has 0 spiro atoms. The molecule has 1 aromatic heterocycles. The highest BCUT2D eigenvalue weighted by atomic mass is 16.5. The fourth-order valence-electron chi connectivity index (χ4n) is 1.59. The molecular formula is C10H14N2O2. The summed E-state index contributed by atoms with van der Waals surface area (Å²) in [7, 11) is 2.00. The van der Waals surface area contributed by atoms with Gasteiger partial charge in [0.25, 0.3) is 0 Å². The topological polar surface area (TPSA) is 45.3 Å². The van der Waals surface area contributed by atoms with E-state index in [0.717, 1.165) is 6.54 Å². The second-order valence-corrected chi connectivity index (χ2v) is 3.57. The third-order valence-electron chi connectivity index (χ3n) is 2.43. The van der Waals surface area contributed by atoms with Gasteiger partial charge in [-0.25, -0.2) is 0 Å². The summed E-state index contributed by atoms with van der Waals surface area (Å²) in [6.07, 6.45) is 1.44. The molecule has 0 saturated carbocycles. The van der Waals surface area contributed by atoms with E-state index in [4.69, 9.17) is 4.74 Å². The lowest BCUT2D eigenvalue weighted by molar-refractivity contribution is -0.00886. The third-order valence-corrected chi connectivity index (χ3v) is 2.43. The van der Waals surface area contributed by atoms with Crippen LogP contribution in [0.25, 0.3) is 0 Å². The van der Waals surface area contributed by atoms with Gasteiger partial charge in [-0.1, -0.05) is 0 Å². The van der Waals surface area contributed by atoms with Crippen LogP contribution in [0.4, 0.5) is 0 Å². The van der Waals surface area contributed by atoms with Gasteiger partial charge in [0, 0.05) is 19.3 Å². The van der Waals surface area contributed by atoms with Gasteiger partial charge in [0.1, 0.15) is 6.10 Å². The van der Waals surface area contributed by atoms with Crippen LogP contribution >= 0.6 is 0 Å². The molecule has 1 saturated heterocycles. The lowest BCUT2D eigenvalue weighted by Crippen LogP contribution is -2.44. The van der Waals surface area contributed by atoms with E-state index in [1.807, 2.05) is 13.1 Å². The molecule has 0 bridgehead atoms. The van der Waals surface area contributed by atoms with Crippen molar-refractivity contribution < 1.29 is 9.53 Å². The Morgan fingerprint density at radius 3 is 3.21 bits per heavy atom. The number of H-pyrrole nitrogens is 1. The number of aromatic amines is 1. The predicted molar refractivity (Wildman–Crippen MR) is 52.4 cm³/mol. The Labute approximate surface area is 82.9 Å². The maximum Gasteiger partial charge on any atom is 0.208 e. The number of Topliss-reactive ketones (excluding diaryl/α,β-unsaturated/α-hetero) is 1. The number of nitrogens with zero attached hydrogens (tertiary/aromatic N) is 1. The number of likely N-dealkylation sites (N-methyl/N-ethyl adjacent to an activating group) is 1. The molecule has 1 N–H and O–H groups in total. The molecule has 1 aliphatic rings. The molecule has 4 nitrogen and oxygen atoms in total. The Morgan fingerprint density at radius 1 is 1.71 bits per heavy atom. The Balaban J connectivity index is 2.04. The maximum absolute atomic E-state index is 11.8. The number of ketones is 1. The van der Waals surface area contributed by atoms with E-state index in [1.54, 1.807) is 12.3 Å². The molecule has 1 unspecified atom stereocenters. The molecule has 14 heavy (non-hydrogen) atoms. The standard InChI is InChI=1S/C10H14N2O2/c1-12-5-6-14-9(7-12)10(13)8-3-2-4-11-8/h2-4,9,11H,5-7H2,1H3. The highest BCUT2D eigenvalue weighted by Crippen LogP contribution is 2.09. The molecule has 0 aromatic carbocycles. The van der Waals surface area contributed by atoms with Crippen molar-refractivity contribution in [2.75, 3.05) is 26.7 Å². The normalized spacial score (nSPS) is 23.6. The first-order valence-electron chi connectivity index (χ1n) is 4.75. The van der Waals surface area contributed by atoms with Gasteiger partial charge in [-0.05, 0) is 19.2 Å². The molecule has 76 valence electrons. The molecule has 0 radical (unpaired) electrons. The van der Waals surface area contributed by atoms with Crippen LogP contribution in [0.1, 0.15) is 10.5 Å². The van der Waals surface area contributed by atoms with Crippen molar-refractivity contribution in [1.29, 1.82) is 0 Å². The summed E-state index contributed by atoms with van der Waals surface area (Å²) < 4.78 is 5.42. The van der Waals surface area contributed by atoms with Crippen LogP contribution in [0.5, 0.6) is 0 Å². The molecule has 2 rings (SSSR count). The molecule has 0 aliphatic carbocycles. The Kier molecular flexibility index (Phi) is 2.65. The third kappa shape index (κ3) is 1.86. The largest absolute Gasteiger partial charge is 0.367 e. The second kappa shape index (κ2) is 3.94. The van der Waals surface area contributed by atoms with Gasteiger partial charge in [-0.2, -0.15) is 0 Å². The minimum atomic E-state index is -0.313. The fraction of sp³-hybridized carbons (Fsp3) is 0.500. The first kappa shape index (κ1) is 9.43. The van der Waals surface area contributed by atoms with Crippen LogP contribution in [-0.2, 0) is 4.74 Å². The van der Waals surface area contributed by atoms with Crippen molar-refractivity contribution in [2.24, 2.45) is 0 Å². The number of nitrogens with one attached hydrogen (secondary N) is 1. The Hall–Kier alpha value is -1.13. The molecule has 0 amide bonds. The van der Waals surface area contributed by atoms with Crippen LogP contribution in [0.15, 0.2) is 18.3 Å². The van der Waals surface area contributed by atoms with E-state index in [9.17, 15) is 4.79 Å². The number of carbonyl (C=O) groups excluding carboxylic acids is 1. The van der Waals surface area contributed by atoms with E-state index in [0.29, 0.717) is 18.8 Å². The van der Waals surface area contributed by atoms with Gasteiger partial charge in [0.2, 0.25) is 5.78 Å². The fourth-order valence-corrected chi connectivity index (χ4v) is 1.59. The van der Waals surface area contributed by atoms with E-state index < -0.39 is 0 Å². The number of hydrogen-bond acceptors (Lipinski definition) is 3. The lowest BCUT2D eigenvalue weighted by atomic mass is 10.1. The summed E-state index contributed by atoms with van der Waals surface area (Å²) in [5.41, 5.74) is 0.630. The van der Waals surface area contributed by atoms with Crippen LogP contribution in [0.3, 0.4) is 0 Å². The Morgan fingerprint density at radius 2 is 2.57 bits per heavy atom. The molecular weight excluding hydrogens is 180 g/mol. The molecule has 1 fully saturated rings. The number of morpholine rings is 1. The SMILES string of the molecule is CN1CCOC(C(=O)c2ccc[nH]2)C1. The van der Waals surface area contributed by atoms with Gasteiger partial charge < -0.3 is 14.6 Å². The van der Waals surface area contributed by atoms with Crippen molar-refractivity contribution in [3.05, 3.63) is 24.0 Å². The van der Waals surface area contributed by atoms with Crippen LogP contribution in [0, 0.1) is 0 Å². The van der Waals surface area contributed by atoms with E-state index in [1.165, 1.54) is 0 Å². The zero-order valence-electron chi connectivity index (χ0n) is 8.19. The summed E-state index contributed by atoms with van der Waals surface area (Å²) >= 11 is 0. The van der Waals surface area contributed by atoms with E-state index >= 15 is 0 Å². The summed E-state index contributed by atoms with van der Waals surface area (Å²) in [6, 6.07) is 3.60. The van der Waals surface area contributed by atoms with Crippen molar-refractivity contribution in [2.45, 2.75) is 6.10 Å². The maximum atomic E-state index is 11.8. The quantitative estimate of drug-likeness (QED) is 0.698. The van der Waals surface area contributed by atoms with Gasteiger partial charge in [0.05, 0.1) is 12.3 Å². The molecule has 4 heteroatoms. The van der Waals surface area contributed by atoms with Crippen molar-refractivity contribution in [3.8, 4) is 0 Å². The van der Waals surface area contributed by atoms with E-state index in [-0.39, 0.29) is 11.9 Å². The summed E-state index contributed by atoms with van der Waals surface area (Å²) in [5, 5.41) is 0. The summed E-state index contributed by atoms with van der Waals surface area (Å²) in [5.74, 6) is 0.0431. The number of carbonyl (C=O) groups is 1. The van der Waals surface area contributed by atoms with Crippen LogP contribution < -0.4 is 0 Å². The molecule has 1 aliphatic heterocycles. The first-order valence-corrected chi connectivity index (χ1v) is 4.75. The highest BCUT2D eigenvalue weighted by molar-refractivity contribution is 5.98. The van der Waals surface area contributed by atoms with Gasteiger partial charge >= 0.3 is 0 Å². The van der Waals surface area contributed by atoms with E-state index in [2.05, 4.69) is 9.88 Å². The average molecular weight is 194 g/mol. The minimum absolute atomic E-state index is 0.0431. The zero-order valence-corrected chi connectivity index (χ0v) is 8.19. The van der Waals surface area contributed by atoms with Crippen LogP contribution in [-0.4, -0.2) is 48.5 Å². The van der Waals surface area contributed by atoms with Gasteiger partial charge in [-0.3, -0.25) is 4.79 Å². The molecule has 1 atom stereocenters. The smallest absolute Gasteiger partial charge is 0.208 e. The van der Waals surface area contributed by atoms with Crippen molar-refractivity contribution in [3.63, 3.8) is 0 Å². The average Bonchev–Trinajstić information content (AvgIpc) is 2.69. The number of aromatic nitrogens is 1. The summed E-state index contributed by atoms with van der Waals surface area (Å²) in [4.78, 5) is 16.8. The number of ether oxygens (including phenoxy) is 1. The minimum Gasteiger partial charge on any atom is -0.367 e. The number of rotatable bonds is 2. The highest BCUT2D eigenvalue weighted by Gasteiger charge is 2.25. The van der Waals surface area contributed by atoms with Gasteiger partial charge in [0.15, 0.2) is 0 Å². The molecule has 2 heterocycles. The van der Waals surface area contributed by atoms with Crippen molar-refractivity contribution >= 4 is 5.78 Å². The molecule has 1 aromatic rings. The predicted octanol–water partition coefficient (Wildman–Crippen LogP) is 0.528. The second-order valence-electron chi connectivity index (χ2n) is 3.57. The Bertz CT molecular complexity index is 308. The zero-order chi connectivity index (χ0) is 9.97. The van der Waals surface area contributed by atoms with Crippen molar-refractivity contribution in [1.82, 2.24) is 9.88 Å². The number of hydrogen-bond donors (Lipinski definition) is 1. The first-order chi connectivity index (χ1) is 6.77. The van der Waals surface area contributed by atoms with Gasteiger partial charge in [-0.15, -0.1) is 0 Å². The summed E-state index contributed by atoms with van der Waals surface area (Å²) in [6.45, 7) is 2.21. The lowest BCUT2D eigenvalue weighted by Gasteiger charge is -2.28.